The first-order chi connectivity index (χ1) is 12.2. The van der Waals surface area contributed by atoms with Crippen molar-refractivity contribution in [3.63, 3.8) is 0 Å². The molecule has 0 bridgehead atoms. The van der Waals surface area contributed by atoms with Crippen LogP contribution in [0.15, 0.2) is 42.5 Å². The van der Waals surface area contributed by atoms with Crippen LogP contribution in [0.2, 0.25) is 5.02 Å². The van der Waals surface area contributed by atoms with Gasteiger partial charge in [0.15, 0.2) is 0 Å². The highest BCUT2D eigenvalue weighted by atomic mass is 35.5. The van der Waals surface area contributed by atoms with Gasteiger partial charge in [-0.25, -0.2) is 0 Å². The Morgan fingerprint density at radius 2 is 1.81 bits per heavy atom. The summed E-state index contributed by atoms with van der Waals surface area (Å²) in [5.74, 6) is 0.0451. The van der Waals surface area contributed by atoms with Gasteiger partial charge >= 0.3 is 0 Å². The highest BCUT2D eigenvalue weighted by Gasteiger charge is 2.32. The zero-order chi connectivity index (χ0) is 18.9. The maximum absolute atomic E-state index is 12.6. The van der Waals surface area contributed by atoms with E-state index in [0.717, 1.165) is 28.9 Å². The van der Waals surface area contributed by atoms with Crippen molar-refractivity contribution in [1.82, 2.24) is 0 Å². The molecule has 0 aromatic heterocycles. The van der Waals surface area contributed by atoms with Gasteiger partial charge in [0.1, 0.15) is 0 Å². The second kappa shape index (κ2) is 7.12. The summed E-state index contributed by atoms with van der Waals surface area (Å²) in [6, 6.07) is 13.0. The summed E-state index contributed by atoms with van der Waals surface area (Å²) in [5.41, 5.74) is 3.29. The van der Waals surface area contributed by atoms with Gasteiger partial charge in [0.05, 0.1) is 6.42 Å². The first-order valence-electron chi connectivity index (χ1n) is 8.73. The fourth-order valence-electron chi connectivity index (χ4n) is 3.09. The van der Waals surface area contributed by atoms with Crippen molar-refractivity contribution >= 4 is 34.8 Å². The molecule has 1 N–H and O–H groups in total. The van der Waals surface area contributed by atoms with E-state index in [1.54, 1.807) is 12.1 Å². The van der Waals surface area contributed by atoms with E-state index < -0.39 is 5.41 Å². The van der Waals surface area contributed by atoms with E-state index in [1.165, 1.54) is 0 Å². The van der Waals surface area contributed by atoms with Crippen molar-refractivity contribution in [3.8, 4) is 0 Å². The Hall–Kier alpha value is -2.33. The highest BCUT2D eigenvalue weighted by Crippen LogP contribution is 2.33. The van der Waals surface area contributed by atoms with E-state index >= 15 is 0 Å². The molecule has 136 valence electrons. The lowest BCUT2D eigenvalue weighted by Gasteiger charge is -2.26. The number of hydrogen-bond donors (Lipinski definition) is 1. The maximum Gasteiger partial charge on any atom is 0.232 e. The van der Waals surface area contributed by atoms with Crippen molar-refractivity contribution in [3.05, 3.63) is 58.6 Å². The molecule has 0 saturated carbocycles. The molecule has 2 aromatic rings. The van der Waals surface area contributed by atoms with Crippen LogP contribution in [0.25, 0.3) is 0 Å². The lowest BCUT2D eigenvalue weighted by Crippen LogP contribution is -2.38. The maximum atomic E-state index is 12.6. The third kappa shape index (κ3) is 4.07. The molecular formula is C21H23ClN2O2. The van der Waals surface area contributed by atoms with Gasteiger partial charge in [0.2, 0.25) is 11.8 Å². The molecule has 0 unspecified atom stereocenters. The molecule has 0 aliphatic carbocycles. The lowest BCUT2D eigenvalue weighted by atomic mass is 9.94. The average Bonchev–Trinajstić information content (AvgIpc) is 2.98. The minimum Gasteiger partial charge on any atom is -0.326 e. The van der Waals surface area contributed by atoms with Crippen molar-refractivity contribution < 1.29 is 9.59 Å². The molecule has 0 atom stereocenters. The smallest absolute Gasteiger partial charge is 0.232 e. The summed E-state index contributed by atoms with van der Waals surface area (Å²) < 4.78 is 0. The average molecular weight is 371 g/mol. The summed E-state index contributed by atoms with van der Waals surface area (Å²) in [5, 5.41) is 3.59. The number of nitrogens with zero attached hydrogens (tertiary/aromatic N) is 1. The molecule has 1 heterocycles. The zero-order valence-electron chi connectivity index (χ0n) is 15.3. The summed E-state index contributed by atoms with van der Waals surface area (Å²) in [4.78, 5) is 26.7. The summed E-state index contributed by atoms with van der Waals surface area (Å²) in [6.07, 6.45) is 1.10. The van der Waals surface area contributed by atoms with Crippen LogP contribution >= 0.6 is 11.6 Å². The predicted octanol–water partition coefficient (Wildman–Crippen LogP) is 4.46. The molecule has 5 heteroatoms. The topological polar surface area (TPSA) is 49.4 Å². The van der Waals surface area contributed by atoms with Crippen LogP contribution in [0, 0.1) is 5.41 Å². The molecule has 1 aliphatic heterocycles. The Morgan fingerprint density at radius 1 is 1.12 bits per heavy atom. The molecular weight excluding hydrogens is 348 g/mol. The fourth-order valence-corrected chi connectivity index (χ4v) is 3.21. The molecule has 26 heavy (non-hydrogen) atoms. The predicted molar refractivity (Wildman–Crippen MR) is 106 cm³/mol. The molecule has 0 fully saturated rings. The van der Waals surface area contributed by atoms with Crippen LogP contribution in [-0.2, 0) is 22.4 Å². The zero-order valence-corrected chi connectivity index (χ0v) is 16.1. The number of carbonyl (C=O) groups excluding carboxylic acids is 2. The number of rotatable bonds is 3. The third-order valence-electron chi connectivity index (χ3n) is 4.42. The molecule has 4 nitrogen and oxygen atoms in total. The minimum atomic E-state index is -0.410. The number of hydrogen-bond acceptors (Lipinski definition) is 2. The monoisotopic (exact) mass is 370 g/mol. The van der Waals surface area contributed by atoms with Gasteiger partial charge in [-0.3, -0.25) is 9.59 Å². The van der Waals surface area contributed by atoms with E-state index in [-0.39, 0.29) is 11.8 Å². The van der Waals surface area contributed by atoms with Crippen LogP contribution in [0.4, 0.5) is 11.4 Å². The van der Waals surface area contributed by atoms with Gasteiger partial charge in [-0.1, -0.05) is 44.5 Å². The van der Waals surface area contributed by atoms with Gasteiger partial charge in [-0.05, 0) is 47.9 Å². The van der Waals surface area contributed by atoms with Gasteiger partial charge in [0, 0.05) is 28.4 Å². The number of fused-ring (bicyclic) bond motifs is 1. The van der Waals surface area contributed by atoms with Crippen LogP contribution in [-0.4, -0.2) is 18.4 Å². The van der Waals surface area contributed by atoms with Gasteiger partial charge in [-0.2, -0.15) is 0 Å². The molecule has 0 spiro atoms. The SMILES string of the molecule is CC(C)(C)C(=O)N1CCc2cc(NC(=O)Cc3ccc(Cl)cc3)ccc21. The van der Waals surface area contributed by atoms with Gasteiger partial charge in [0.25, 0.3) is 0 Å². The quantitative estimate of drug-likeness (QED) is 0.867. The third-order valence-corrected chi connectivity index (χ3v) is 4.68. The van der Waals surface area contributed by atoms with E-state index in [9.17, 15) is 9.59 Å². The van der Waals surface area contributed by atoms with Crippen molar-refractivity contribution in [1.29, 1.82) is 0 Å². The van der Waals surface area contributed by atoms with E-state index in [0.29, 0.717) is 18.0 Å². The van der Waals surface area contributed by atoms with Crippen molar-refractivity contribution in [2.45, 2.75) is 33.6 Å². The molecule has 3 rings (SSSR count). The van der Waals surface area contributed by atoms with Crippen LogP contribution in [0.1, 0.15) is 31.9 Å². The van der Waals surface area contributed by atoms with Crippen LogP contribution in [0.3, 0.4) is 0 Å². The van der Waals surface area contributed by atoms with Crippen LogP contribution in [0.5, 0.6) is 0 Å². The molecule has 0 radical (unpaired) electrons. The lowest BCUT2D eigenvalue weighted by molar-refractivity contribution is -0.125. The van der Waals surface area contributed by atoms with Gasteiger partial charge in [-0.15, -0.1) is 0 Å². The Kier molecular flexibility index (Phi) is 5.05. The largest absolute Gasteiger partial charge is 0.326 e. The molecule has 1 aliphatic rings. The molecule has 2 aromatic carbocycles. The van der Waals surface area contributed by atoms with E-state index in [4.69, 9.17) is 11.6 Å². The molecule has 0 saturated heterocycles. The van der Waals surface area contributed by atoms with Crippen molar-refractivity contribution in [2.75, 3.05) is 16.8 Å². The van der Waals surface area contributed by atoms with Gasteiger partial charge < -0.3 is 10.2 Å². The fraction of sp³-hybridized carbons (Fsp3) is 0.333. The first-order valence-corrected chi connectivity index (χ1v) is 9.11. The van der Waals surface area contributed by atoms with E-state index in [1.807, 2.05) is 56.0 Å². The Morgan fingerprint density at radius 3 is 2.46 bits per heavy atom. The van der Waals surface area contributed by atoms with Crippen LogP contribution < -0.4 is 10.2 Å². The number of halogens is 1. The summed E-state index contributed by atoms with van der Waals surface area (Å²) >= 11 is 5.87. The van der Waals surface area contributed by atoms with Crippen molar-refractivity contribution in [2.24, 2.45) is 5.41 Å². The summed E-state index contributed by atoms with van der Waals surface area (Å²) in [7, 11) is 0. The normalized spacial score (nSPS) is 13.5. The number of nitrogens with one attached hydrogen (secondary N) is 1. The standard InChI is InChI=1S/C21H23ClN2O2/c1-21(2,3)20(26)24-11-10-15-13-17(8-9-18(15)24)23-19(25)12-14-4-6-16(22)7-5-14/h4-9,13H,10-12H2,1-3H3,(H,23,25). The molecule has 2 amide bonds. The Bertz CT molecular complexity index is 838. The number of benzene rings is 2. The first kappa shape index (κ1) is 18.5. The second-order valence-corrected chi connectivity index (χ2v) is 8.09. The number of carbonyl (C=O) groups is 2. The number of anilines is 2. The summed E-state index contributed by atoms with van der Waals surface area (Å²) in [6.45, 7) is 6.48. The minimum absolute atomic E-state index is 0.0760. The highest BCUT2D eigenvalue weighted by molar-refractivity contribution is 6.30. The Labute approximate surface area is 159 Å². The van der Waals surface area contributed by atoms with E-state index in [2.05, 4.69) is 5.32 Å². The number of amides is 2. The Balaban J connectivity index is 1.69. The second-order valence-electron chi connectivity index (χ2n) is 7.65.